The van der Waals surface area contributed by atoms with Gasteiger partial charge in [0, 0.05) is 12.7 Å². The number of rotatable bonds is 5. The van der Waals surface area contributed by atoms with Crippen LogP contribution >= 0.6 is 23.2 Å². The van der Waals surface area contributed by atoms with Gasteiger partial charge in [0.05, 0.1) is 5.02 Å². The normalized spacial score (nSPS) is 16.6. The quantitative estimate of drug-likeness (QED) is 0.851. The summed E-state index contributed by atoms with van der Waals surface area (Å²) in [7, 11) is -3.53. The summed E-state index contributed by atoms with van der Waals surface area (Å²) in [5.74, 6) is 0.666. The fourth-order valence-electron chi connectivity index (χ4n) is 1.81. The van der Waals surface area contributed by atoms with Crippen molar-refractivity contribution in [3.05, 3.63) is 22.4 Å². The van der Waals surface area contributed by atoms with Crippen molar-refractivity contribution in [3.8, 4) is 0 Å². The summed E-state index contributed by atoms with van der Waals surface area (Å²) in [5, 5.41) is 0.239. The molecule has 7 heteroatoms. The Balaban J connectivity index is 1.98. The Morgan fingerprint density at radius 3 is 2.67 bits per heavy atom. The maximum Gasteiger partial charge on any atom is 0.242 e. The van der Waals surface area contributed by atoms with Crippen molar-refractivity contribution in [3.63, 3.8) is 0 Å². The predicted molar refractivity (Wildman–Crippen MR) is 71.4 cm³/mol. The molecule has 4 nitrogen and oxygen atoms in total. The first-order chi connectivity index (χ1) is 8.49. The maximum absolute atomic E-state index is 11.9. The van der Waals surface area contributed by atoms with Crippen LogP contribution in [0.1, 0.15) is 25.7 Å². The molecule has 1 saturated carbocycles. The monoisotopic (exact) mass is 308 g/mol. The lowest BCUT2D eigenvalue weighted by atomic mass is 9.83. The number of aromatic nitrogens is 1. The lowest BCUT2D eigenvalue weighted by Crippen LogP contribution is -2.27. The van der Waals surface area contributed by atoms with E-state index >= 15 is 0 Å². The topological polar surface area (TPSA) is 59.1 Å². The second-order valence-electron chi connectivity index (χ2n) is 4.43. The summed E-state index contributed by atoms with van der Waals surface area (Å²) in [5.41, 5.74) is 0. The molecule has 0 aliphatic heterocycles. The van der Waals surface area contributed by atoms with Gasteiger partial charge in [0.1, 0.15) is 10.0 Å². The third kappa shape index (κ3) is 3.35. The second-order valence-corrected chi connectivity index (χ2v) is 6.96. The molecule has 1 aromatic heterocycles. The van der Waals surface area contributed by atoms with Gasteiger partial charge in [-0.15, -0.1) is 0 Å². The number of nitrogens with zero attached hydrogens (tertiary/aromatic N) is 1. The second kappa shape index (κ2) is 5.74. The molecule has 1 fully saturated rings. The van der Waals surface area contributed by atoms with Crippen LogP contribution in [-0.2, 0) is 10.0 Å². The molecule has 2 rings (SSSR count). The van der Waals surface area contributed by atoms with Gasteiger partial charge in [-0.2, -0.15) is 0 Å². The standard InChI is InChI=1S/C11H14Cl2N2O2S/c12-10-6-9(7-14-11(10)13)18(16,17)15-5-4-8-2-1-3-8/h6-8,15H,1-5H2. The van der Waals surface area contributed by atoms with Gasteiger partial charge in [0.15, 0.2) is 0 Å². The van der Waals surface area contributed by atoms with Gasteiger partial charge in [-0.1, -0.05) is 42.5 Å². The van der Waals surface area contributed by atoms with Crippen LogP contribution in [0.3, 0.4) is 0 Å². The summed E-state index contributed by atoms with van der Waals surface area (Å²) in [4.78, 5) is 3.78. The molecule has 0 saturated heterocycles. The van der Waals surface area contributed by atoms with Gasteiger partial charge in [0.25, 0.3) is 0 Å². The molecule has 18 heavy (non-hydrogen) atoms. The Bertz CT molecular complexity index is 530. The van der Waals surface area contributed by atoms with E-state index in [1.807, 2.05) is 0 Å². The van der Waals surface area contributed by atoms with E-state index in [-0.39, 0.29) is 15.1 Å². The van der Waals surface area contributed by atoms with Crippen LogP contribution in [0.2, 0.25) is 10.2 Å². The highest BCUT2D eigenvalue weighted by atomic mass is 35.5. The molecule has 0 amide bonds. The molecule has 0 aromatic carbocycles. The molecule has 0 spiro atoms. The first kappa shape index (κ1) is 14.1. The van der Waals surface area contributed by atoms with Crippen LogP contribution in [0.5, 0.6) is 0 Å². The lowest BCUT2D eigenvalue weighted by Gasteiger charge is -2.25. The number of hydrogen-bond donors (Lipinski definition) is 1. The fourth-order valence-corrected chi connectivity index (χ4v) is 3.16. The molecule has 1 N–H and O–H groups in total. The Morgan fingerprint density at radius 1 is 1.39 bits per heavy atom. The van der Waals surface area contributed by atoms with Crippen molar-refractivity contribution in [1.29, 1.82) is 0 Å². The van der Waals surface area contributed by atoms with Crippen LogP contribution in [0.15, 0.2) is 17.2 Å². The van der Waals surface area contributed by atoms with E-state index in [4.69, 9.17) is 23.2 Å². The third-order valence-electron chi connectivity index (χ3n) is 3.15. The molecule has 1 heterocycles. The molecule has 0 unspecified atom stereocenters. The average Bonchev–Trinajstić information content (AvgIpc) is 2.25. The fraction of sp³-hybridized carbons (Fsp3) is 0.545. The zero-order chi connectivity index (χ0) is 13.2. The molecule has 1 aliphatic carbocycles. The average molecular weight is 309 g/mol. The Kier molecular flexibility index (Phi) is 4.48. The number of halogens is 2. The summed E-state index contributed by atoms with van der Waals surface area (Å²) in [6.45, 7) is 0.452. The number of hydrogen-bond acceptors (Lipinski definition) is 3. The predicted octanol–water partition coefficient (Wildman–Crippen LogP) is 2.86. The highest BCUT2D eigenvalue weighted by Crippen LogP contribution is 2.29. The van der Waals surface area contributed by atoms with Crippen molar-refractivity contribution in [1.82, 2.24) is 9.71 Å². The van der Waals surface area contributed by atoms with E-state index in [0.29, 0.717) is 12.5 Å². The molecule has 100 valence electrons. The Morgan fingerprint density at radius 2 is 2.11 bits per heavy atom. The smallest absolute Gasteiger partial charge is 0.242 e. The maximum atomic E-state index is 11.9. The molecule has 0 radical (unpaired) electrons. The number of sulfonamides is 1. The first-order valence-corrected chi connectivity index (χ1v) is 8.03. The largest absolute Gasteiger partial charge is 0.242 e. The van der Waals surface area contributed by atoms with E-state index in [9.17, 15) is 8.42 Å². The molecule has 1 aliphatic rings. The summed E-state index contributed by atoms with van der Waals surface area (Å²) >= 11 is 11.4. The number of nitrogens with one attached hydrogen (secondary N) is 1. The van der Waals surface area contributed by atoms with Crippen LogP contribution in [-0.4, -0.2) is 19.9 Å². The lowest BCUT2D eigenvalue weighted by molar-refractivity contribution is 0.297. The van der Waals surface area contributed by atoms with Crippen LogP contribution < -0.4 is 4.72 Å². The molecule has 1 aromatic rings. The highest BCUT2D eigenvalue weighted by Gasteiger charge is 2.19. The zero-order valence-corrected chi connectivity index (χ0v) is 12.0. The first-order valence-electron chi connectivity index (χ1n) is 5.80. The highest BCUT2D eigenvalue weighted by molar-refractivity contribution is 7.89. The van der Waals surface area contributed by atoms with Crippen molar-refractivity contribution in [2.45, 2.75) is 30.6 Å². The third-order valence-corrected chi connectivity index (χ3v) is 5.26. The molecule has 0 bridgehead atoms. The van der Waals surface area contributed by atoms with Crippen molar-refractivity contribution >= 4 is 33.2 Å². The minimum atomic E-state index is -3.53. The minimum absolute atomic E-state index is 0.0468. The van der Waals surface area contributed by atoms with E-state index < -0.39 is 10.0 Å². The van der Waals surface area contributed by atoms with E-state index in [1.54, 1.807) is 0 Å². The van der Waals surface area contributed by atoms with Crippen LogP contribution in [0, 0.1) is 5.92 Å². The SMILES string of the molecule is O=S(=O)(NCCC1CCC1)c1cnc(Cl)c(Cl)c1. The van der Waals surface area contributed by atoms with Crippen molar-refractivity contribution in [2.24, 2.45) is 5.92 Å². The van der Waals surface area contributed by atoms with Gasteiger partial charge in [-0.3, -0.25) is 0 Å². The van der Waals surface area contributed by atoms with Gasteiger partial charge in [-0.25, -0.2) is 18.1 Å². The summed E-state index contributed by atoms with van der Waals surface area (Å²) < 4.78 is 26.4. The van der Waals surface area contributed by atoms with Gasteiger partial charge in [0.2, 0.25) is 10.0 Å². The zero-order valence-electron chi connectivity index (χ0n) is 9.70. The van der Waals surface area contributed by atoms with Gasteiger partial charge < -0.3 is 0 Å². The summed E-state index contributed by atoms with van der Waals surface area (Å²) in [6, 6.07) is 1.31. The molecule has 0 atom stereocenters. The van der Waals surface area contributed by atoms with Gasteiger partial charge >= 0.3 is 0 Å². The minimum Gasteiger partial charge on any atom is -0.242 e. The van der Waals surface area contributed by atoms with Crippen molar-refractivity contribution in [2.75, 3.05) is 6.54 Å². The Hall–Kier alpha value is -0.360. The number of pyridine rings is 1. The van der Waals surface area contributed by atoms with E-state index in [0.717, 1.165) is 6.42 Å². The molecular formula is C11H14Cl2N2O2S. The molecular weight excluding hydrogens is 295 g/mol. The van der Waals surface area contributed by atoms with Crippen molar-refractivity contribution < 1.29 is 8.42 Å². The van der Waals surface area contributed by atoms with Crippen LogP contribution in [0.4, 0.5) is 0 Å². The van der Waals surface area contributed by atoms with E-state index in [2.05, 4.69) is 9.71 Å². The van der Waals surface area contributed by atoms with Gasteiger partial charge in [-0.05, 0) is 18.4 Å². The summed E-state index contributed by atoms with van der Waals surface area (Å²) in [6.07, 6.45) is 5.76. The van der Waals surface area contributed by atoms with Crippen LogP contribution in [0.25, 0.3) is 0 Å². The Labute approximate surface area is 117 Å². The van der Waals surface area contributed by atoms with E-state index in [1.165, 1.54) is 31.5 Å².